The maximum absolute atomic E-state index is 12.5. The first-order chi connectivity index (χ1) is 15.6. The van der Waals surface area contributed by atoms with Crippen molar-refractivity contribution < 1.29 is 19.1 Å². The van der Waals surface area contributed by atoms with Crippen molar-refractivity contribution in [3.8, 4) is 5.75 Å². The number of rotatable bonds is 9. The van der Waals surface area contributed by atoms with Crippen molar-refractivity contribution >= 4 is 29.1 Å². The Morgan fingerprint density at radius 3 is 2.59 bits per heavy atom. The van der Waals surface area contributed by atoms with Crippen LogP contribution in [0.3, 0.4) is 0 Å². The molecule has 7 nitrogen and oxygen atoms in total. The maximum atomic E-state index is 12.5. The van der Waals surface area contributed by atoms with Crippen LogP contribution in [0.5, 0.6) is 5.75 Å². The Morgan fingerprint density at radius 1 is 1.12 bits per heavy atom. The zero-order chi connectivity index (χ0) is 22.3. The van der Waals surface area contributed by atoms with Gasteiger partial charge >= 0.3 is 0 Å². The number of benzene rings is 2. The summed E-state index contributed by atoms with van der Waals surface area (Å²) in [5.41, 5.74) is 1.77. The molecule has 0 bridgehead atoms. The lowest BCUT2D eigenvalue weighted by Gasteiger charge is -2.35. The van der Waals surface area contributed by atoms with Crippen molar-refractivity contribution in [1.29, 1.82) is 0 Å². The predicted molar refractivity (Wildman–Crippen MR) is 123 cm³/mol. The van der Waals surface area contributed by atoms with E-state index in [-0.39, 0.29) is 30.4 Å². The molecular formula is C24H28ClN3O4. The van der Waals surface area contributed by atoms with E-state index in [0.29, 0.717) is 36.2 Å². The molecule has 2 amide bonds. The number of nitrogens with one attached hydrogen (secondary N) is 2. The van der Waals surface area contributed by atoms with Gasteiger partial charge in [0.25, 0.3) is 5.91 Å². The average molecular weight is 458 g/mol. The lowest BCUT2D eigenvalue weighted by Crippen LogP contribution is -2.44. The molecule has 0 radical (unpaired) electrons. The van der Waals surface area contributed by atoms with Gasteiger partial charge in [-0.05, 0) is 42.7 Å². The number of carbonyl (C=O) groups is 2. The molecule has 170 valence electrons. The molecule has 1 saturated heterocycles. The minimum Gasteiger partial charge on any atom is -0.484 e. The number of hydrogen-bond donors (Lipinski definition) is 2. The molecule has 0 aromatic heterocycles. The van der Waals surface area contributed by atoms with Crippen molar-refractivity contribution in [2.24, 2.45) is 5.92 Å². The van der Waals surface area contributed by atoms with Gasteiger partial charge in [0.1, 0.15) is 5.75 Å². The van der Waals surface area contributed by atoms with E-state index < -0.39 is 0 Å². The zero-order valence-electron chi connectivity index (χ0n) is 17.9. The van der Waals surface area contributed by atoms with Crippen LogP contribution in [0.25, 0.3) is 0 Å². The smallest absolute Gasteiger partial charge is 0.258 e. The highest BCUT2D eigenvalue weighted by molar-refractivity contribution is 6.30. The van der Waals surface area contributed by atoms with E-state index in [1.165, 1.54) is 0 Å². The van der Waals surface area contributed by atoms with Crippen LogP contribution in [0.15, 0.2) is 48.5 Å². The Labute approximate surface area is 193 Å². The molecule has 2 fully saturated rings. The number of hydrogen-bond acceptors (Lipinski definition) is 5. The summed E-state index contributed by atoms with van der Waals surface area (Å²) in [4.78, 5) is 26.7. The topological polar surface area (TPSA) is 79.9 Å². The fraction of sp³-hybridized carbons (Fsp3) is 0.417. The highest BCUT2D eigenvalue weighted by Crippen LogP contribution is 2.30. The third-order valence-electron chi connectivity index (χ3n) is 5.65. The highest BCUT2D eigenvalue weighted by Gasteiger charge is 2.29. The van der Waals surface area contributed by atoms with E-state index in [2.05, 4.69) is 15.5 Å². The van der Waals surface area contributed by atoms with Gasteiger partial charge in [-0.2, -0.15) is 0 Å². The molecule has 2 aliphatic rings. The molecule has 1 saturated carbocycles. The molecule has 1 aliphatic heterocycles. The summed E-state index contributed by atoms with van der Waals surface area (Å²) >= 11 is 6.04. The van der Waals surface area contributed by atoms with Crippen molar-refractivity contribution in [3.63, 3.8) is 0 Å². The van der Waals surface area contributed by atoms with Crippen LogP contribution >= 0.6 is 11.6 Å². The van der Waals surface area contributed by atoms with Crippen LogP contribution in [0.4, 0.5) is 5.69 Å². The predicted octanol–water partition coefficient (Wildman–Crippen LogP) is 3.26. The molecule has 1 aliphatic carbocycles. The van der Waals surface area contributed by atoms with Gasteiger partial charge in [-0.15, -0.1) is 0 Å². The van der Waals surface area contributed by atoms with Gasteiger partial charge in [-0.3, -0.25) is 14.5 Å². The van der Waals surface area contributed by atoms with Crippen LogP contribution in [-0.2, 0) is 14.3 Å². The number of anilines is 1. The van der Waals surface area contributed by atoms with E-state index in [4.69, 9.17) is 21.1 Å². The molecule has 32 heavy (non-hydrogen) atoms. The summed E-state index contributed by atoms with van der Waals surface area (Å²) in [7, 11) is 0. The largest absolute Gasteiger partial charge is 0.484 e. The SMILES string of the molecule is O=C(COc1cccc(NC(=O)C2CC2)c1)NCC(c1ccc(Cl)cc1)N1CCOCC1. The zero-order valence-corrected chi connectivity index (χ0v) is 18.6. The summed E-state index contributed by atoms with van der Waals surface area (Å²) < 4.78 is 11.1. The van der Waals surface area contributed by atoms with Crippen LogP contribution in [-0.4, -0.2) is 56.2 Å². The Bertz CT molecular complexity index is 927. The van der Waals surface area contributed by atoms with Crippen molar-refractivity contribution in [1.82, 2.24) is 10.2 Å². The third-order valence-corrected chi connectivity index (χ3v) is 5.91. The monoisotopic (exact) mass is 457 g/mol. The van der Waals surface area contributed by atoms with Gasteiger partial charge in [0.15, 0.2) is 6.61 Å². The van der Waals surface area contributed by atoms with E-state index in [1.807, 2.05) is 30.3 Å². The maximum Gasteiger partial charge on any atom is 0.258 e. The lowest BCUT2D eigenvalue weighted by atomic mass is 10.0. The molecule has 1 heterocycles. The Balaban J connectivity index is 1.30. The summed E-state index contributed by atoms with van der Waals surface area (Å²) in [6, 6.07) is 14.9. The molecule has 4 rings (SSSR count). The highest BCUT2D eigenvalue weighted by atomic mass is 35.5. The second-order valence-electron chi connectivity index (χ2n) is 8.10. The molecule has 0 spiro atoms. The first-order valence-electron chi connectivity index (χ1n) is 11.0. The van der Waals surface area contributed by atoms with Gasteiger partial charge in [0, 0.05) is 42.3 Å². The molecule has 1 atom stereocenters. The van der Waals surface area contributed by atoms with Crippen LogP contribution in [0, 0.1) is 5.92 Å². The van der Waals surface area contributed by atoms with E-state index >= 15 is 0 Å². The summed E-state index contributed by atoms with van der Waals surface area (Å²) in [5.74, 6) is 0.502. The minimum absolute atomic E-state index is 0.0288. The van der Waals surface area contributed by atoms with Crippen LogP contribution in [0.1, 0.15) is 24.4 Å². The van der Waals surface area contributed by atoms with Gasteiger partial charge in [0.2, 0.25) is 5.91 Å². The van der Waals surface area contributed by atoms with E-state index in [0.717, 1.165) is 31.5 Å². The van der Waals surface area contributed by atoms with E-state index in [9.17, 15) is 9.59 Å². The van der Waals surface area contributed by atoms with Crippen LogP contribution in [0.2, 0.25) is 5.02 Å². The second-order valence-corrected chi connectivity index (χ2v) is 8.54. The summed E-state index contributed by atoms with van der Waals surface area (Å²) in [6.07, 6.45) is 1.90. The first-order valence-corrected chi connectivity index (χ1v) is 11.3. The van der Waals surface area contributed by atoms with Gasteiger partial charge < -0.3 is 20.1 Å². The van der Waals surface area contributed by atoms with Crippen LogP contribution < -0.4 is 15.4 Å². The van der Waals surface area contributed by atoms with Crippen molar-refractivity contribution in [2.75, 3.05) is 44.8 Å². The quantitative estimate of drug-likeness (QED) is 0.604. The molecular weight excluding hydrogens is 430 g/mol. The standard InChI is InChI=1S/C24H28ClN3O4/c25-19-8-6-17(7-9-19)22(28-10-12-31-13-11-28)15-26-23(29)16-32-21-3-1-2-20(14-21)27-24(30)18-4-5-18/h1-3,6-9,14,18,22H,4-5,10-13,15-16H2,(H,26,29)(H,27,30). The van der Waals surface area contributed by atoms with Gasteiger partial charge in [-0.1, -0.05) is 29.8 Å². The molecule has 2 aromatic carbocycles. The minimum atomic E-state index is -0.204. The lowest BCUT2D eigenvalue weighted by molar-refractivity contribution is -0.123. The molecule has 2 N–H and O–H groups in total. The fourth-order valence-electron chi connectivity index (χ4n) is 3.70. The normalized spacial score (nSPS) is 17.4. The number of morpholine rings is 1. The number of amides is 2. The van der Waals surface area contributed by atoms with Crippen molar-refractivity contribution in [2.45, 2.75) is 18.9 Å². The Morgan fingerprint density at radius 2 is 1.88 bits per heavy atom. The van der Waals surface area contributed by atoms with E-state index in [1.54, 1.807) is 18.2 Å². The number of carbonyl (C=O) groups excluding carboxylic acids is 2. The fourth-order valence-corrected chi connectivity index (χ4v) is 3.82. The number of nitrogens with zero attached hydrogens (tertiary/aromatic N) is 1. The summed E-state index contributed by atoms with van der Waals surface area (Å²) in [6.45, 7) is 3.32. The summed E-state index contributed by atoms with van der Waals surface area (Å²) in [5, 5.41) is 6.55. The Hall–Kier alpha value is -2.61. The van der Waals surface area contributed by atoms with Crippen molar-refractivity contribution in [3.05, 3.63) is 59.1 Å². The number of ether oxygens (including phenoxy) is 2. The molecule has 2 aromatic rings. The molecule has 8 heteroatoms. The van der Waals surface area contributed by atoms with Gasteiger partial charge in [-0.25, -0.2) is 0 Å². The Kier molecular flexibility index (Phi) is 7.63. The average Bonchev–Trinajstić information content (AvgIpc) is 3.66. The first kappa shape index (κ1) is 22.6. The third kappa shape index (κ3) is 6.45. The molecule has 1 unspecified atom stereocenters. The van der Waals surface area contributed by atoms with Gasteiger partial charge in [0.05, 0.1) is 19.3 Å². The number of halogens is 1. The second kappa shape index (κ2) is 10.8.